The van der Waals surface area contributed by atoms with Gasteiger partial charge in [0.05, 0.1) is 17.6 Å². The average Bonchev–Trinajstić information content (AvgIpc) is 2.53. The number of nitrogens with one attached hydrogen (secondary N) is 2. The van der Waals surface area contributed by atoms with Crippen LogP contribution in [0.3, 0.4) is 0 Å². The van der Waals surface area contributed by atoms with E-state index >= 15 is 0 Å². The zero-order valence-corrected chi connectivity index (χ0v) is 14.6. The van der Waals surface area contributed by atoms with Gasteiger partial charge < -0.3 is 10.1 Å². The van der Waals surface area contributed by atoms with Gasteiger partial charge in [-0.25, -0.2) is 17.9 Å². The normalized spacial score (nSPS) is 17.7. The highest BCUT2D eigenvalue weighted by Gasteiger charge is 2.29. The Morgan fingerprint density at radius 3 is 2.57 bits per heavy atom. The lowest BCUT2D eigenvalue weighted by molar-refractivity contribution is 0.0600. The van der Waals surface area contributed by atoms with Gasteiger partial charge in [0.15, 0.2) is 0 Å². The van der Waals surface area contributed by atoms with Gasteiger partial charge in [0.1, 0.15) is 0 Å². The van der Waals surface area contributed by atoms with Gasteiger partial charge in [0, 0.05) is 6.54 Å². The van der Waals surface area contributed by atoms with E-state index in [2.05, 4.69) is 21.7 Å². The lowest BCUT2D eigenvalue weighted by Crippen LogP contribution is -2.42. The summed E-state index contributed by atoms with van der Waals surface area (Å²) < 4.78 is 32.5. The molecule has 1 heterocycles. The lowest BCUT2D eigenvalue weighted by Gasteiger charge is -2.34. The predicted molar refractivity (Wildman–Crippen MR) is 87.9 cm³/mol. The van der Waals surface area contributed by atoms with Gasteiger partial charge >= 0.3 is 5.97 Å². The van der Waals surface area contributed by atoms with Crippen molar-refractivity contribution in [2.75, 3.05) is 26.7 Å². The zero-order valence-electron chi connectivity index (χ0n) is 13.8. The second-order valence-corrected chi connectivity index (χ2v) is 8.09. The molecule has 0 saturated carbocycles. The summed E-state index contributed by atoms with van der Waals surface area (Å²) in [6, 6.07) is 4.46. The second-order valence-electron chi connectivity index (χ2n) is 6.36. The number of esters is 1. The van der Waals surface area contributed by atoms with Crippen molar-refractivity contribution in [3.05, 3.63) is 29.3 Å². The van der Waals surface area contributed by atoms with E-state index in [1.165, 1.54) is 25.3 Å². The van der Waals surface area contributed by atoms with Gasteiger partial charge in [-0.05, 0) is 62.0 Å². The molecule has 1 aliphatic heterocycles. The molecular formula is C16H24N2O4S. The molecule has 1 aliphatic rings. The maximum Gasteiger partial charge on any atom is 0.337 e. The third-order valence-electron chi connectivity index (χ3n) is 4.39. The Balaban J connectivity index is 2.14. The number of sulfonamides is 1. The van der Waals surface area contributed by atoms with Crippen LogP contribution in [-0.4, -0.2) is 41.1 Å². The maximum atomic E-state index is 12.5. The first-order valence-electron chi connectivity index (χ1n) is 7.67. The highest BCUT2D eigenvalue weighted by atomic mass is 32.2. The van der Waals surface area contributed by atoms with Crippen LogP contribution in [0.5, 0.6) is 0 Å². The van der Waals surface area contributed by atoms with Crippen molar-refractivity contribution >= 4 is 16.0 Å². The Morgan fingerprint density at radius 2 is 2.00 bits per heavy atom. The van der Waals surface area contributed by atoms with Crippen LogP contribution in [0.2, 0.25) is 0 Å². The molecule has 0 unspecified atom stereocenters. The van der Waals surface area contributed by atoms with Crippen LogP contribution in [-0.2, 0) is 14.8 Å². The van der Waals surface area contributed by atoms with Crippen LogP contribution in [0.4, 0.5) is 0 Å². The molecule has 0 amide bonds. The quantitative estimate of drug-likeness (QED) is 0.793. The number of piperidine rings is 1. The molecule has 1 aromatic carbocycles. The summed E-state index contributed by atoms with van der Waals surface area (Å²) in [6.07, 6.45) is 1.88. The first-order chi connectivity index (χ1) is 10.8. The second kappa shape index (κ2) is 6.98. The molecule has 128 valence electrons. The van der Waals surface area contributed by atoms with E-state index in [1.54, 1.807) is 6.92 Å². The summed E-state index contributed by atoms with van der Waals surface area (Å²) >= 11 is 0. The Labute approximate surface area is 137 Å². The highest BCUT2D eigenvalue weighted by molar-refractivity contribution is 7.89. The molecule has 0 radical (unpaired) electrons. The van der Waals surface area contributed by atoms with Gasteiger partial charge in [0.25, 0.3) is 0 Å². The predicted octanol–water partition coefficient (Wildman–Crippen LogP) is 1.45. The molecule has 2 rings (SSSR count). The van der Waals surface area contributed by atoms with Crippen LogP contribution in [0.15, 0.2) is 23.1 Å². The van der Waals surface area contributed by atoms with Gasteiger partial charge in [-0.2, -0.15) is 0 Å². The molecule has 1 fully saturated rings. The number of ether oxygens (including phenoxy) is 1. The molecule has 23 heavy (non-hydrogen) atoms. The summed E-state index contributed by atoms with van der Waals surface area (Å²) in [5, 5.41) is 3.28. The van der Waals surface area contributed by atoms with E-state index in [0.717, 1.165) is 25.9 Å². The van der Waals surface area contributed by atoms with Gasteiger partial charge in [-0.1, -0.05) is 6.92 Å². The molecular weight excluding hydrogens is 316 g/mol. The van der Waals surface area contributed by atoms with Gasteiger partial charge in [0.2, 0.25) is 10.0 Å². The molecule has 0 aromatic heterocycles. The summed E-state index contributed by atoms with van der Waals surface area (Å²) in [5.41, 5.74) is 0.836. The van der Waals surface area contributed by atoms with E-state index in [0.29, 0.717) is 17.7 Å². The number of methoxy groups -OCH3 is 1. The summed E-state index contributed by atoms with van der Waals surface area (Å²) in [5.74, 6) is -0.479. The first-order valence-corrected chi connectivity index (χ1v) is 9.15. The standard InChI is InChI=1S/C16H24N2O4S/c1-12-10-13(15(19)22-3)4-5-14(12)23(20,21)18-11-16(2)6-8-17-9-7-16/h4-5,10,17-18H,6-9,11H2,1-3H3. The molecule has 6 nitrogen and oxygen atoms in total. The fraction of sp³-hybridized carbons (Fsp3) is 0.562. The minimum atomic E-state index is -3.60. The summed E-state index contributed by atoms with van der Waals surface area (Å²) in [7, 11) is -2.30. The molecule has 0 aliphatic carbocycles. The van der Waals surface area contributed by atoms with E-state index < -0.39 is 16.0 Å². The van der Waals surface area contributed by atoms with Crippen molar-refractivity contribution in [1.29, 1.82) is 0 Å². The van der Waals surface area contributed by atoms with Crippen molar-refractivity contribution in [3.8, 4) is 0 Å². The maximum absolute atomic E-state index is 12.5. The third-order valence-corrected chi connectivity index (χ3v) is 5.95. The molecule has 0 bridgehead atoms. The van der Waals surface area contributed by atoms with Crippen molar-refractivity contribution in [2.24, 2.45) is 5.41 Å². The van der Waals surface area contributed by atoms with Crippen molar-refractivity contribution < 1.29 is 17.9 Å². The van der Waals surface area contributed by atoms with E-state index in [9.17, 15) is 13.2 Å². The van der Waals surface area contributed by atoms with E-state index in [4.69, 9.17) is 0 Å². The SMILES string of the molecule is COC(=O)c1ccc(S(=O)(=O)NCC2(C)CCNCC2)c(C)c1. The number of benzene rings is 1. The number of hydrogen-bond donors (Lipinski definition) is 2. The van der Waals surface area contributed by atoms with Crippen molar-refractivity contribution in [2.45, 2.75) is 31.6 Å². The highest BCUT2D eigenvalue weighted by Crippen LogP contribution is 2.27. The van der Waals surface area contributed by atoms with Crippen LogP contribution in [0.25, 0.3) is 0 Å². The van der Waals surface area contributed by atoms with Crippen molar-refractivity contribution in [1.82, 2.24) is 10.0 Å². The smallest absolute Gasteiger partial charge is 0.337 e. The minimum absolute atomic E-state index is 0.0296. The third kappa shape index (κ3) is 4.31. The summed E-state index contributed by atoms with van der Waals surface area (Å²) in [6.45, 7) is 6.00. The number of carbonyl (C=O) groups excluding carboxylic acids is 1. The lowest BCUT2D eigenvalue weighted by atomic mass is 9.81. The van der Waals surface area contributed by atoms with Crippen LogP contribution in [0, 0.1) is 12.3 Å². The number of rotatable bonds is 5. The van der Waals surface area contributed by atoms with E-state index in [-0.39, 0.29) is 10.3 Å². The fourth-order valence-electron chi connectivity index (χ4n) is 2.75. The Hall–Kier alpha value is -1.44. The minimum Gasteiger partial charge on any atom is -0.465 e. The average molecular weight is 340 g/mol. The van der Waals surface area contributed by atoms with Crippen LogP contribution < -0.4 is 10.0 Å². The van der Waals surface area contributed by atoms with Crippen LogP contribution in [0.1, 0.15) is 35.7 Å². The topological polar surface area (TPSA) is 84.5 Å². The van der Waals surface area contributed by atoms with E-state index in [1.807, 2.05) is 0 Å². The molecule has 0 spiro atoms. The van der Waals surface area contributed by atoms with Gasteiger partial charge in [-0.15, -0.1) is 0 Å². The first kappa shape index (κ1) is 17.9. The Kier molecular flexibility index (Phi) is 5.44. The molecule has 1 aromatic rings. The largest absolute Gasteiger partial charge is 0.465 e. The Morgan fingerprint density at radius 1 is 1.35 bits per heavy atom. The zero-order chi connectivity index (χ0) is 17.1. The monoisotopic (exact) mass is 340 g/mol. The van der Waals surface area contributed by atoms with Gasteiger partial charge in [-0.3, -0.25) is 0 Å². The number of aryl methyl sites for hydroxylation is 1. The molecule has 7 heteroatoms. The van der Waals surface area contributed by atoms with Crippen LogP contribution >= 0.6 is 0 Å². The number of hydrogen-bond acceptors (Lipinski definition) is 5. The summed E-state index contributed by atoms with van der Waals surface area (Å²) in [4.78, 5) is 11.7. The molecule has 2 N–H and O–H groups in total. The Bertz CT molecular complexity index is 679. The fourth-order valence-corrected chi connectivity index (χ4v) is 4.17. The van der Waals surface area contributed by atoms with Crippen molar-refractivity contribution in [3.63, 3.8) is 0 Å². The molecule has 0 atom stereocenters. The molecule has 1 saturated heterocycles. The number of carbonyl (C=O) groups is 1.